The lowest BCUT2D eigenvalue weighted by Crippen LogP contribution is -2.42. The van der Waals surface area contributed by atoms with Gasteiger partial charge in [-0.05, 0) is 42.7 Å². The first-order chi connectivity index (χ1) is 18.5. The van der Waals surface area contributed by atoms with Crippen LogP contribution in [0.1, 0.15) is 34.2 Å². The van der Waals surface area contributed by atoms with Crippen LogP contribution in [0.2, 0.25) is 5.02 Å². The quantitative estimate of drug-likeness (QED) is 0.425. The van der Waals surface area contributed by atoms with E-state index >= 15 is 0 Å². The largest absolute Gasteiger partial charge is 0.467 e. The Balaban J connectivity index is 0.00000134. The van der Waals surface area contributed by atoms with Crippen molar-refractivity contribution >= 4 is 53.0 Å². The Morgan fingerprint density at radius 2 is 1.90 bits per heavy atom. The van der Waals surface area contributed by atoms with Crippen molar-refractivity contribution in [3.05, 3.63) is 64.1 Å². The minimum absolute atomic E-state index is 0.0806. The number of rotatable bonds is 6. The Morgan fingerprint density at radius 1 is 1.23 bits per heavy atom. The van der Waals surface area contributed by atoms with E-state index in [-0.39, 0.29) is 49.7 Å². The van der Waals surface area contributed by atoms with Gasteiger partial charge in [-0.3, -0.25) is 18.5 Å². The Morgan fingerprint density at radius 3 is 2.49 bits per heavy atom. The third-order valence-corrected chi connectivity index (χ3v) is 6.71. The number of aromatic nitrogens is 2. The minimum atomic E-state index is -4.43. The van der Waals surface area contributed by atoms with Gasteiger partial charge in [0.1, 0.15) is 11.3 Å². The highest BCUT2D eigenvalue weighted by Gasteiger charge is 2.36. The molecular formula is C24H24ClF3N6O4S. The molecule has 0 unspecified atom stereocenters. The molecule has 0 aliphatic carbocycles. The highest BCUT2D eigenvalue weighted by atomic mass is 35.5. The van der Waals surface area contributed by atoms with Crippen molar-refractivity contribution in [3.8, 4) is 0 Å². The number of hydrazone groups is 1. The maximum Gasteiger partial charge on any atom is 0.461 e. The number of anilines is 1. The number of halogens is 4. The number of benzene rings is 1. The normalized spacial score (nSPS) is 13.4. The topological polar surface area (TPSA) is 109 Å². The summed E-state index contributed by atoms with van der Waals surface area (Å²) < 4.78 is 45.9. The molecule has 0 spiro atoms. The standard InChI is InChI=1S/C23H24ClF3N6O2S.CO2/c1-4-18-20(31-13-17(24)14(2)11-19(31)29-18)21(34)28-12-15-5-7-16(8-6-15)32-9-10-33(22(30-32)35-3)36-23(25,26)27;2-1-3/h5-8,11,13H,4,9-10,12H2,1-3H3,(H,28,34);. The van der Waals surface area contributed by atoms with E-state index in [9.17, 15) is 18.0 Å². The second-order valence-corrected chi connectivity index (χ2v) is 9.57. The fraction of sp³-hybridized carbons (Fsp3) is 0.333. The Kier molecular flexibility index (Phi) is 9.84. The second kappa shape index (κ2) is 12.9. The average molecular weight is 585 g/mol. The molecule has 0 bridgehead atoms. The van der Waals surface area contributed by atoms with Crippen molar-refractivity contribution in [3.63, 3.8) is 0 Å². The summed E-state index contributed by atoms with van der Waals surface area (Å²) in [6, 6.07) is 8.94. The first-order valence-electron chi connectivity index (χ1n) is 11.5. The van der Waals surface area contributed by atoms with Crippen molar-refractivity contribution in [2.45, 2.75) is 32.3 Å². The minimum Gasteiger partial charge on any atom is -0.467 e. The summed E-state index contributed by atoms with van der Waals surface area (Å²) in [5.41, 5.74) is -0.230. The summed E-state index contributed by atoms with van der Waals surface area (Å²) in [5.74, 6) is -0.268. The van der Waals surface area contributed by atoms with Gasteiger partial charge in [-0.1, -0.05) is 30.7 Å². The monoisotopic (exact) mass is 584 g/mol. The van der Waals surface area contributed by atoms with Gasteiger partial charge in [0.05, 0.1) is 48.6 Å². The lowest BCUT2D eigenvalue weighted by atomic mass is 10.2. The maximum atomic E-state index is 13.0. The predicted octanol–water partition coefficient (Wildman–Crippen LogP) is 4.41. The molecule has 0 saturated carbocycles. The number of imidazole rings is 1. The predicted molar refractivity (Wildman–Crippen MR) is 139 cm³/mol. The molecule has 10 nitrogen and oxygen atoms in total. The molecule has 39 heavy (non-hydrogen) atoms. The molecule has 1 aliphatic rings. The van der Waals surface area contributed by atoms with Crippen LogP contribution in [0.3, 0.4) is 0 Å². The molecule has 208 valence electrons. The first-order valence-corrected chi connectivity index (χ1v) is 12.6. The number of pyridine rings is 1. The molecule has 1 amide bonds. The molecule has 1 aromatic carbocycles. The van der Waals surface area contributed by atoms with Gasteiger partial charge in [0.25, 0.3) is 5.91 Å². The number of hydrogen-bond acceptors (Lipinski definition) is 9. The van der Waals surface area contributed by atoms with Crippen molar-refractivity contribution < 1.29 is 32.3 Å². The maximum absolute atomic E-state index is 13.0. The van der Waals surface area contributed by atoms with E-state index < -0.39 is 5.51 Å². The number of amidine groups is 1. The number of carbonyl (C=O) groups excluding carboxylic acids is 3. The summed E-state index contributed by atoms with van der Waals surface area (Å²) in [5, 5.41) is 9.22. The molecule has 1 aliphatic heterocycles. The summed E-state index contributed by atoms with van der Waals surface area (Å²) in [7, 11) is 1.28. The van der Waals surface area contributed by atoms with Crippen molar-refractivity contribution in [1.82, 2.24) is 19.0 Å². The zero-order valence-electron chi connectivity index (χ0n) is 21.1. The van der Waals surface area contributed by atoms with Crippen LogP contribution < -0.4 is 10.3 Å². The zero-order valence-corrected chi connectivity index (χ0v) is 22.7. The highest BCUT2D eigenvalue weighted by Crippen LogP contribution is 2.35. The van der Waals surface area contributed by atoms with Gasteiger partial charge < -0.3 is 10.1 Å². The summed E-state index contributed by atoms with van der Waals surface area (Å²) in [4.78, 5) is 33.8. The molecule has 0 saturated heterocycles. The molecule has 3 aromatic rings. The second-order valence-electron chi connectivity index (χ2n) is 8.07. The molecule has 0 radical (unpaired) electrons. The van der Waals surface area contributed by atoms with Gasteiger partial charge in [0.15, 0.2) is 0 Å². The van der Waals surface area contributed by atoms with E-state index in [2.05, 4.69) is 15.4 Å². The van der Waals surface area contributed by atoms with Crippen LogP contribution in [0, 0.1) is 6.92 Å². The molecule has 0 atom stereocenters. The summed E-state index contributed by atoms with van der Waals surface area (Å²) in [6.07, 6.45) is 2.54. The number of aryl methyl sites for hydroxylation is 2. The number of hydrogen-bond donors (Lipinski definition) is 1. The van der Waals surface area contributed by atoms with Crippen molar-refractivity contribution in [1.29, 1.82) is 0 Å². The van der Waals surface area contributed by atoms with Crippen LogP contribution >= 0.6 is 23.5 Å². The van der Waals surface area contributed by atoms with Gasteiger partial charge in [0.2, 0.25) is 0 Å². The van der Waals surface area contributed by atoms with Crippen LogP contribution in [0.5, 0.6) is 0 Å². The number of alkyl halides is 3. The lowest BCUT2D eigenvalue weighted by molar-refractivity contribution is -0.191. The molecule has 3 heterocycles. The van der Waals surface area contributed by atoms with Crippen molar-refractivity contribution in [2.75, 3.05) is 25.2 Å². The van der Waals surface area contributed by atoms with Crippen LogP contribution in [-0.2, 0) is 27.3 Å². The molecule has 0 fully saturated rings. The number of nitrogens with zero attached hydrogens (tertiary/aromatic N) is 5. The number of ether oxygens (including phenoxy) is 1. The molecule has 1 N–H and O–H groups in total. The van der Waals surface area contributed by atoms with E-state index in [4.69, 9.17) is 25.9 Å². The number of carbonyl (C=O) groups is 1. The summed E-state index contributed by atoms with van der Waals surface area (Å²) in [6.45, 7) is 4.43. The van der Waals surface area contributed by atoms with Gasteiger partial charge in [-0.15, -0.1) is 5.10 Å². The van der Waals surface area contributed by atoms with E-state index in [1.807, 2.05) is 32.0 Å². The van der Waals surface area contributed by atoms with Crippen LogP contribution in [-0.4, -0.2) is 57.5 Å². The van der Waals surface area contributed by atoms with E-state index in [0.29, 0.717) is 34.2 Å². The van der Waals surface area contributed by atoms with Crippen molar-refractivity contribution in [2.24, 2.45) is 5.10 Å². The van der Waals surface area contributed by atoms with Crippen LogP contribution in [0.25, 0.3) is 5.65 Å². The fourth-order valence-corrected chi connectivity index (χ4v) is 4.54. The number of fused-ring (bicyclic) bond motifs is 1. The highest BCUT2D eigenvalue weighted by molar-refractivity contribution is 7.98. The number of amides is 1. The SMILES string of the molecule is CCc1nc2cc(C)c(Cl)cn2c1C(=O)NCc1ccc(N2CCN(SC(F)(F)F)C(OC)=N2)cc1.O=C=O. The van der Waals surface area contributed by atoms with E-state index in [1.165, 1.54) is 7.11 Å². The third-order valence-electron chi connectivity index (χ3n) is 5.54. The lowest BCUT2D eigenvalue weighted by Gasteiger charge is -2.32. The summed E-state index contributed by atoms with van der Waals surface area (Å²) >= 11 is 5.99. The van der Waals surface area contributed by atoms with E-state index in [0.717, 1.165) is 15.4 Å². The number of nitrogens with one attached hydrogen (secondary N) is 1. The van der Waals surface area contributed by atoms with Crippen LogP contribution in [0.4, 0.5) is 18.9 Å². The molecular weight excluding hydrogens is 561 g/mol. The number of methoxy groups -OCH3 is 1. The van der Waals surface area contributed by atoms with Gasteiger partial charge in [-0.2, -0.15) is 22.8 Å². The Hall–Kier alpha value is -3.74. The van der Waals surface area contributed by atoms with Gasteiger partial charge >= 0.3 is 17.7 Å². The molecule has 2 aromatic heterocycles. The Bertz CT molecular complexity index is 1390. The smallest absolute Gasteiger partial charge is 0.461 e. The van der Waals surface area contributed by atoms with E-state index in [1.54, 1.807) is 27.7 Å². The van der Waals surface area contributed by atoms with Gasteiger partial charge in [-0.25, -0.2) is 4.98 Å². The Labute approximate surface area is 230 Å². The zero-order chi connectivity index (χ0) is 28.7. The first kappa shape index (κ1) is 29.8. The fourth-order valence-electron chi connectivity index (χ4n) is 3.77. The third kappa shape index (κ3) is 7.43. The average Bonchev–Trinajstić information content (AvgIpc) is 3.25. The van der Waals surface area contributed by atoms with Crippen LogP contribution in [0.15, 0.2) is 41.6 Å². The molecule has 4 rings (SSSR count). The van der Waals surface area contributed by atoms with Gasteiger partial charge in [0, 0.05) is 12.7 Å². The molecule has 15 heteroatoms.